The van der Waals surface area contributed by atoms with E-state index in [9.17, 15) is 0 Å². The van der Waals surface area contributed by atoms with Crippen LogP contribution in [-0.4, -0.2) is 14.2 Å². The molecule has 4 aromatic rings. The van der Waals surface area contributed by atoms with Crippen LogP contribution in [0.15, 0.2) is 60.7 Å². The Labute approximate surface area is 261 Å². The summed E-state index contributed by atoms with van der Waals surface area (Å²) in [5.41, 5.74) is 4.75. The van der Waals surface area contributed by atoms with Crippen LogP contribution in [0.1, 0.15) is 97.2 Å². The molecule has 0 N–H and O–H groups in total. The van der Waals surface area contributed by atoms with Crippen molar-refractivity contribution in [2.24, 2.45) is 0 Å². The molecule has 0 fully saturated rings. The van der Waals surface area contributed by atoms with Gasteiger partial charge in [0.25, 0.3) is 0 Å². The Kier molecular flexibility index (Phi) is 12.6. The van der Waals surface area contributed by atoms with E-state index in [1.165, 1.54) is 82.0 Å². The molecule has 218 valence electrons. The molecule has 2 heterocycles. The molecule has 0 amide bonds. The molecule has 4 heteroatoms. The zero-order chi connectivity index (χ0) is 29.6. The molecule has 0 bridgehead atoms. The highest BCUT2D eigenvalue weighted by atomic mass is 32.1. The zero-order valence-electron chi connectivity index (χ0n) is 25.5. The monoisotopic (exact) mass is 594 g/mol. The third-order valence-electron chi connectivity index (χ3n) is 7.28. The number of aryl methyl sites for hydroxylation is 2. The molecule has 4 rings (SSSR count). The molecule has 0 saturated heterocycles. The van der Waals surface area contributed by atoms with Gasteiger partial charge in [0.1, 0.15) is 11.5 Å². The number of methoxy groups -OCH3 is 2. The molecule has 2 nitrogen and oxygen atoms in total. The van der Waals surface area contributed by atoms with Gasteiger partial charge >= 0.3 is 0 Å². The summed E-state index contributed by atoms with van der Waals surface area (Å²) in [4.78, 5) is 4.97. The Bertz CT molecular complexity index is 1400. The van der Waals surface area contributed by atoms with Crippen LogP contribution in [0.3, 0.4) is 0 Å². The summed E-state index contributed by atoms with van der Waals surface area (Å²) in [6, 6.07) is 20.8. The summed E-state index contributed by atoms with van der Waals surface area (Å²) in [6.45, 7) is 4.53. The minimum Gasteiger partial charge on any atom is -0.497 e. The second-order valence-corrected chi connectivity index (χ2v) is 12.6. The van der Waals surface area contributed by atoms with E-state index >= 15 is 0 Å². The molecule has 2 aromatic carbocycles. The normalized spacial score (nSPS) is 10.5. The first-order valence-electron chi connectivity index (χ1n) is 15.2. The van der Waals surface area contributed by atoms with Crippen LogP contribution in [0, 0.1) is 23.7 Å². The van der Waals surface area contributed by atoms with Crippen LogP contribution >= 0.6 is 22.7 Å². The highest BCUT2D eigenvalue weighted by Crippen LogP contribution is 2.38. The Morgan fingerprint density at radius 1 is 0.524 bits per heavy atom. The summed E-state index contributed by atoms with van der Waals surface area (Å²) in [6.07, 6.45) is 12.1. The number of benzene rings is 2. The third-order valence-corrected chi connectivity index (χ3v) is 9.66. The molecule has 0 atom stereocenters. The van der Waals surface area contributed by atoms with Crippen molar-refractivity contribution >= 4 is 22.7 Å². The van der Waals surface area contributed by atoms with Crippen molar-refractivity contribution in [3.8, 4) is 44.9 Å². The summed E-state index contributed by atoms with van der Waals surface area (Å²) in [5, 5.41) is 0. The molecular formula is C38H42O2S2. The lowest BCUT2D eigenvalue weighted by Crippen LogP contribution is -1.86. The van der Waals surface area contributed by atoms with Gasteiger partial charge in [-0.15, -0.1) is 22.7 Å². The maximum absolute atomic E-state index is 5.31. The smallest absolute Gasteiger partial charge is 0.118 e. The molecule has 42 heavy (non-hydrogen) atoms. The largest absolute Gasteiger partial charge is 0.497 e. The predicted octanol–water partition coefficient (Wildman–Crippen LogP) is 10.5. The van der Waals surface area contributed by atoms with Crippen molar-refractivity contribution in [2.75, 3.05) is 14.2 Å². The lowest BCUT2D eigenvalue weighted by Gasteiger charge is -1.99. The van der Waals surface area contributed by atoms with Gasteiger partial charge in [0.05, 0.1) is 24.0 Å². The van der Waals surface area contributed by atoms with Crippen molar-refractivity contribution in [1.82, 2.24) is 0 Å². The first kappa shape index (κ1) is 31.5. The molecule has 0 aliphatic carbocycles. The van der Waals surface area contributed by atoms with Gasteiger partial charge in [0, 0.05) is 20.9 Å². The zero-order valence-corrected chi connectivity index (χ0v) is 27.1. The van der Waals surface area contributed by atoms with Crippen LogP contribution in [0.25, 0.3) is 9.75 Å². The Hall–Kier alpha value is -3.44. The standard InChI is InChI=1S/C38H42O2S2/c1-5-7-9-11-13-31-27-37(41-35(31)25-19-29-15-21-33(39-3)22-16-29)38-28-32(14-12-10-8-6-2)36(42-38)26-20-30-17-23-34(40-4)24-18-30/h15-18,21-24,27-28H,5-14H2,1-4H3. The molecular weight excluding hydrogens is 553 g/mol. The van der Waals surface area contributed by atoms with Crippen LogP contribution < -0.4 is 9.47 Å². The lowest BCUT2D eigenvalue weighted by atomic mass is 10.1. The summed E-state index contributed by atoms with van der Waals surface area (Å²) < 4.78 is 10.6. The number of rotatable bonds is 13. The number of hydrogen-bond acceptors (Lipinski definition) is 4. The van der Waals surface area contributed by atoms with Crippen LogP contribution in [0.2, 0.25) is 0 Å². The fourth-order valence-corrected chi connectivity index (χ4v) is 6.97. The van der Waals surface area contributed by atoms with Crippen molar-refractivity contribution in [3.05, 3.63) is 92.7 Å². The van der Waals surface area contributed by atoms with E-state index in [0.717, 1.165) is 35.5 Å². The minimum absolute atomic E-state index is 0.852. The molecule has 0 aliphatic rings. The summed E-state index contributed by atoms with van der Waals surface area (Å²) in [7, 11) is 3.38. The molecule has 0 unspecified atom stereocenters. The summed E-state index contributed by atoms with van der Waals surface area (Å²) in [5.74, 6) is 15.5. The van der Waals surface area contributed by atoms with Crippen molar-refractivity contribution in [2.45, 2.75) is 78.1 Å². The van der Waals surface area contributed by atoms with Gasteiger partial charge in [-0.05, 0) is 97.5 Å². The van der Waals surface area contributed by atoms with Gasteiger partial charge in [0.2, 0.25) is 0 Å². The number of thiophene rings is 2. The first-order chi connectivity index (χ1) is 20.6. The van der Waals surface area contributed by atoms with Gasteiger partial charge in [-0.3, -0.25) is 0 Å². The van der Waals surface area contributed by atoms with Gasteiger partial charge < -0.3 is 9.47 Å². The van der Waals surface area contributed by atoms with Crippen LogP contribution in [-0.2, 0) is 12.8 Å². The quantitative estimate of drug-likeness (QED) is 0.113. The SMILES string of the molecule is CCCCCCc1cc(-c2cc(CCCCCC)c(C#Cc3ccc(OC)cc3)s2)sc1C#Cc1ccc(OC)cc1. The van der Waals surface area contributed by atoms with Crippen LogP contribution in [0.4, 0.5) is 0 Å². The third kappa shape index (κ3) is 9.29. The topological polar surface area (TPSA) is 18.5 Å². The minimum atomic E-state index is 0.852. The maximum Gasteiger partial charge on any atom is 0.118 e. The van der Waals surface area contributed by atoms with E-state index in [1.54, 1.807) is 14.2 Å². The Morgan fingerprint density at radius 3 is 1.29 bits per heavy atom. The van der Waals surface area contributed by atoms with E-state index in [-0.39, 0.29) is 0 Å². The number of unbranched alkanes of at least 4 members (excludes halogenated alkanes) is 6. The van der Waals surface area contributed by atoms with E-state index in [2.05, 4.69) is 49.7 Å². The van der Waals surface area contributed by atoms with Gasteiger partial charge in [-0.2, -0.15) is 0 Å². The lowest BCUT2D eigenvalue weighted by molar-refractivity contribution is 0.414. The van der Waals surface area contributed by atoms with Crippen molar-refractivity contribution < 1.29 is 9.47 Å². The van der Waals surface area contributed by atoms with Gasteiger partial charge in [0.15, 0.2) is 0 Å². The predicted molar refractivity (Wildman–Crippen MR) is 181 cm³/mol. The number of ether oxygens (including phenoxy) is 2. The second-order valence-electron chi connectivity index (χ2n) is 10.5. The fraction of sp³-hybridized carbons (Fsp3) is 0.368. The van der Waals surface area contributed by atoms with Gasteiger partial charge in [-0.25, -0.2) is 0 Å². The van der Waals surface area contributed by atoms with Crippen molar-refractivity contribution in [3.63, 3.8) is 0 Å². The van der Waals surface area contributed by atoms with E-state index in [1.807, 2.05) is 71.2 Å². The Balaban J connectivity index is 1.65. The average Bonchev–Trinajstić information content (AvgIpc) is 3.63. The molecule has 0 radical (unpaired) electrons. The van der Waals surface area contributed by atoms with Gasteiger partial charge in [-0.1, -0.05) is 76.1 Å². The summed E-state index contributed by atoms with van der Waals surface area (Å²) >= 11 is 3.65. The highest BCUT2D eigenvalue weighted by Gasteiger charge is 2.14. The van der Waals surface area contributed by atoms with E-state index in [4.69, 9.17) is 9.47 Å². The molecule has 0 spiro atoms. The second kappa shape index (κ2) is 16.9. The molecule has 0 saturated carbocycles. The Morgan fingerprint density at radius 2 is 0.929 bits per heavy atom. The molecule has 0 aliphatic heterocycles. The highest BCUT2D eigenvalue weighted by molar-refractivity contribution is 7.22. The average molecular weight is 595 g/mol. The van der Waals surface area contributed by atoms with E-state index < -0.39 is 0 Å². The van der Waals surface area contributed by atoms with Crippen LogP contribution in [0.5, 0.6) is 11.5 Å². The maximum atomic E-state index is 5.31. The fourth-order valence-electron chi connectivity index (χ4n) is 4.77. The van der Waals surface area contributed by atoms with Crippen molar-refractivity contribution in [1.29, 1.82) is 0 Å². The van der Waals surface area contributed by atoms with E-state index in [0.29, 0.717) is 0 Å². The molecule has 2 aromatic heterocycles. The first-order valence-corrected chi connectivity index (χ1v) is 16.8. The number of hydrogen-bond donors (Lipinski definition) is 0.